The van der Waals surface area contributed by atoms with Gasteiger partial charge in [0.15, 0.2) is 5.82 Å². The third-order valence-electron chi connectivity index (χ3n) is 3.36. The lowest BCUT2D eigenvalue weighted by Crippen LogP contribution is -2.40. The molecule has 3 rings (SSSR count). The van der Waals surface area contributed by atoms with E-state index in [1.54, 1.807) is 23.1 Å². The van der Waals surface area contributed by atoms with Gasteiger partial charge >= 0.3 is 0 Å². The number of hydrogen-bond acceptors (Lipinski definition) is 6. The fraction of sp³-hybridized carbons (Fsp3) is 0.400. The maximum Gasteiger partial charge on any atom is 0.253 e. The van der Waals surface area contributed by atoms with Crippen LogP contribution < -0.4 is 9.64 Å². The van der Waals surface area contributed by atoms with E-state index in [2.05, 4.69) is 10.1 Å². The van der Waals surface area contributed by atoms with E-state index in [-0.39, 0.29) is 19.1 Å². The van der Waals surface area contributed by atoms with Crippen LogP contribution >= 0.6 is 11.6 Å². The third-order valence-corrected chi connectivity index (χ3v) is 3.60. The van der Waals surface area contributed by atoms with Gasteiger partial charge in [0.05, 0.1) is 12.2 Å². The molecule has 0 saturated heterocycles. The number of rotatable bonds is 5. The molecule has 1 aromatic heterocycles. The first kappa shape index (κ1) is 15.8. The minimum Gasteiger partial charge on any atom is -0.490 e. The Morgan fingerprint density at radius 1 is 1.48 bits per heavy atom. The minimum absolute atomic E-state index is 0.0875. The highest BCUT2D eigenvalue weighted by molar-refractivity contribution is 6.31. The zero-order chi connectivity index (χ0) is 16.2. The highest BCUT2D eigenvalue weighted by Gasteiger charge is 2.24. The summed E-state index contributed by atoms with van der Waals surface area (Å²) >= 11 is 5.99. The Bertz CT molecular complexity index is 704. The lowest BCUT2D eigenvalue weighted by Gasteiger charge is -2.29. The molecule has 1 aliphatic rings. The van der Waals surface area contributed by atoms with Crippen LogP contribution in [0.4, 0.5) is 5.69 Å². The first-order chi connectivity index (χ1) is 11.2. The predicted molar refractivity (Wildman–Crippen MR) is 82.6 cm³/mol. The summed E-state index contributed by atoms with van der Waals surface area (Å²) in [6.07, 6.45) is 0.688. The number of fused-ring (bicyclic) bond motifs is 1. The van der Waals surface area contributed by atoms with Gasteiger partial charge in [0, 0.05) is 11.4 Å². The van der Waals surface area contributed by atoms with Gasteiger partial charge in [0.25, 0.3) is 11.8 Å². The average Bonchev–Trinajstić information content (AvgIpc) is 3.02. The summed E-state index contributed by atoms with van der Waals surface area (Å²) in [6.45, 7) is 2.83. The van der Waals surface area contributed by atoms with Crippen LogP contribution in [-0.4, -0.2) is 35.8 Å². The summed E-state index contributed by atoms with van der Waals surface area (Å²) in [4.78, 5) is 18.1. The molecule has 2 aromatic rings. The second-order valence-electron chi connectivity index (χ2n) is 4.96. The number of benzene rings is 1. The first-order valence-electron chi connectivity index (χ1n) is 7.29. The van der Waals surface area contributed by atoms with Gasteiger partial charge in [0.2, 0.25) is 0 Å². The molecule has 0 bridgehead atoms. The van der Waals surface area contributed by atoms with Crippen LogP contribution in [0.3, 0.4) is 0 Å². The van der Waals surface area contributed by atoms with Crippen molar-refractivity contribution in [1.82, 2.24) is 10.1 Å². The Labute approximate surface area is 138 Å². The van der Waals surface area contributed by atoms with Crippen LogP contribution in [0.15, 0.2) is 22.7 Å². The molecular formula is C15H16ClN3O4. The van der Waals surface area contributed by atoms with Gasteiger partial charge in [-0.1, -0.05) is 23.7 Å². The van der Waals surface area contributed by atoms with Gasteiger partial charge in [-0.2, -0.15) is 4.98 Å². The molecule has 1 aromatic carbocycles. The highest BCUT2D eigenvalue weighted by atomic mass is 35.5. The lowest BCUT2D eigenvalue weighted by molar-refractivity contribution is -0.124. The number of amides is 1. The molecule has 0 unspecified atom stereocenters. The summed E-state index contributed by atoms with van der Waals surface area (Å²) in [5.74, 6) is 1.44. The molecule has 0 N–H and O–H groups in total. The Kier molecular flexibility index (Phi) is 4.78. The van der Waals surface area contributed by atoms with Crippen LogP contribution in [0, 0.1) is 0 Å². The van der Waals surface area contributed by atoms with Crippen LogP contribution in [-0.2, 0) is 22.6 Å². The Hall–Kier alpha value is -2.12. The first-order valence-corrected chi connectivity index (χ1v) is 7.67. The Balaban J connectivity index is 1.60. The van der Waals surface area contributed by atoms with E-state index in [9.17, 15) is 4.79 Å². The van der Waals surface area contributed by atoms with Gasteiger partial charge in [-0.3, -0.25) is 4.79 Å². The normalized spacial score (nSPS) is 13.6. The van der Waals surface area contributed by atoms with Crippen molar-refractivity contribution in [2.24, 2.45) is 0 Å². The summed E-state index contributed by atoms with van der Waals surface area (Å²) < 4.78 is 15.9. The SMILES string of the molecule is CCc1noc(COCC(=O)N2CCOc3ccc(Cl)cc32)n1. The summed E-state index contributed by atoms with van der Waals surface area (Å²) in [6, 6.07) is 5.19. The monoisotopic (exact) mass is 337 g/mol. The molecule has 2 heterocycles. The van der Waals surface area contributed by atoms with E-state index in [0.29, 0.717) is 47.7 Å². The van der Waals surface area contributed by atoms with Crippen LogP contribution in [0.1, 0.15) is 18.6 Å². The summed E-state index contributed by atoms with van der Waals surface area (Å²) in [5, 5.41) is 4.32. The number of aryl methyl sites for hydroxylation is 1. The molecule has 0 aliphatic carbocycles. The molecule has 23 heavy (non-hydrogen) atoms. The lowest BCUT2D eigenvalue weighted by atomic mass is 10.2. The Morgan fingerprint density at radius 3 is 3.13 bits per heavy atom. The average molecular weight is 338 g/mol. The van der Waals surface area contributed by atoms with Crippen molar-refractivity contribution in [3.63, 3.8) is 0 Å². The molecule has 1 aliphatic heterocycles. The van der Waals surface area contributed by atoms with Gasteiger partial charge in [-0.05, 0) is 18.2 Å². The third kappa shape index (κ3) is 3.62. The van der Waals surface area contributed by atoms with Crippen molar-refractivity contribution in [2.45, 2.75) is 20.0 Å². The van der Waals surface area contributed by atoms with E-state index >= 15 is 0 Å². The van der Waals surface area contributed by atoms with Crippen molar-refractivity contribution in [2.75, 3.05) is 24.7 Å². The molecule has 0 saturated carbocycles. The number of halogens is 1. The quantitative estimate of drug-likeness (QED) is 0.832. The smallest absolute Gasteiger partial charge is 0.253 e. The van der Waals surface area contributed by atoms with Gasteiger partial charge < -0.3 is 18.9 Å². The van der Waals surface area contributed by atoms with Gasteiger partial charge in [0.1, 0.15) is 25.6 Å². The molecule has 0 fully saturated rings. The molecule has 122 valence electrons. The zero-order valence-electron chi connectivity index (χ0n) is 12.6. The summed E-state index contributed by atoms with van der Waals surface area (Å²) in [5.41, 5.74) is 0.656. The second-order valence-corrected chi connectivity index (χ2v) is 5.39. The van der Waals surface area contributed by atoms with Gasteiger partial charge in [-0.25, -0.2) is 0 Å². The standard InChI is InChI=1S/C15H16ClN3O4/c1-2-13-17-14(23-18-13)8-21-9-15(20)19-5-6-22-12-4-3-10(16)7-11(12)19/h3-4,7H,2,5-6,8-9H2,1H3. The molecule has 0 spiro atoms. The van der Waals surface area contributed by atoms with E-state index < -0.39 is 0 Å². The largest absolute Gasteiger partial charge is 0.490 e. The number of anilines is 1. The second kappa shape index (κ2) is 6.97. The summed E-state index contributed by atoms with van der Waals surface area (Å²) in [7, 11) is 0. The van der Waals surface area contributed by atoms with Gasteiger partial charge in [-0.15, -0.1) is 0 Å². The molecule has 8 heteroatoms. The van der Waals surface area contributed by atoms with Crippen LogP contribution in [0.5, 0.6) is 5.75 Å². The number of aromatic nitrogens is 2. The van der Waals surface area contributed by atoms with E-state index in [1.165, 1.54) is 0 Å². The molecule has 7 nitrogen and oxygen atoms in total. The predicted octanol–water partition coefficient (Wildman–Crippen LogP) is 2.23. The maximum atomic E-state index is 12.4. The fourth-order valence-electron chi connectivity index (χ4n) is 2.25. The maximum absolute atomic E-state index is 12.4. The van der Waals surface area contributed by atoms with Crippen molar-refractivity contribution in [3.8, 4) is 5.75 Å². The number of nitrogens with zero attached hydrogens (tertiary/aromatic N) is 3. The number of ether oxygens (including phenoxy) is 2. The molecular weight excluding hydrogens is 322 g/mol. The molecule has 1 amide bonds. The fourth-order valence-corrected chi connectivity index (χ4v) is 2.41. The van der Waals surface area contributed by atoms with E-state index in [1.807, 2.05) is 6.92 Å². The van der Waals surface area contributed by atoms with E-state index in [4.69, 9.17) is 25.6 Å². The minimum atomic E-state index is -0.174. The van der Waals surface area contributed by atoms with Crippen molar-refractivity contribution in [3.05, 3.63) is 34.9 Å². The zero-order valence-corrected chi connectivity index (χ0v) is 13.4. The van der Waals surface area contributed by atoms with Crippen molar-refractivity contribution in [1.29, 1.82) is 0 Å². The number of carbonyl (C=O) groups excluding carboxylic acids is 1. The van der Waals surface area contributed by atoms with Crippen molar-refractivity contribution < 1.29 is 18.8 Å². The number of carbonyl (C=O) groups is 1. The molecule has 0 atom stereocenters. The Morgan fingerprint density at radius 2 is 2.35 bits per heavy atom. The van der Waals surface area contributed by atoms with E-state index in [0.717, 1.165) is 0 Å². The number of hydrogen-bond donors (Lipinski definition) is 0. The van der Waals surface area contributed by atoms with Crippen LogP contribution in [0.25, 0.3) is 0 Å². The topological polar surface area (TPSA) is 77.7 Å². The highest BCUT2D eigenvalue weighted by Crippen LogP contribution is 2.34. The van der Waals surface area contributed by atoms with Crippen LogP contribution in [0.2, 0.25) is 5.02 Å². The molecule has 0 radical (unpaired) electrons. The van der Waals surface area contributed by atoms with Crippen molar-refractivity contribution >= 4 is 23.2 Å².